The van der Waals surface area contributed by atoms with Crippen molar-refractivity contribution in [3.05, 3.63) is 64.2 Å². The minimum atomic E-state index is -4.46. The van der Waals surface area contributed by atoms with Crippen molar-refractivity contribution in [2.24, 2.45) is 0 Å². The van der Waals surface area contributed by atoms with Crippen molar-refractivity contribution >= 4 is 22.6 Å². The van der Waals surface area contributed by atoms with Gasteiger partial charge in [-0.2, -0.15) is 13.2 Å². The number of alkyl halides is 3. The number of nitrogens with two attached hydrogens (primary N) is 1. The Morgan fingerprint density at radius 2 is 1.97 bits per heavy atom. The molecule has 166 valence electrons. The van der Waals surface area contributed by atoms with Crippen LogP contribution >= 0.6 is 0 Å². The average molecular weight is 443 g/mol. The highest BCUT2D eigenvalue weighted by Crippen LogP contribution is 2.41. The molecular weight excluding hydrogens is 423 g/mol. The first-order valence-corrected chi connectivity index (χ1v) is 10.2. The van der Waals surface area contributed by atoms with Gasteiger partial charge in [0, 0.05) is 28.6 Å². The maximum atomic E-state index is 13.4. The van der Waals surface area contributed by atoms with Crippen molar-refractivity contribution < 1.29 is 27.4 Å². The van der Waals surface area contributed by atoms with Gasteiger partial charge in [0.1, 0.15) is 18.2 Å². The number of nitrogens with zero attached hydrogens (tertiary/aromatic N) is 2. The number of amides is 1. The highest BCUT2D eigenvalue weighted by Gasteiger charge is 2.36. The lowest BCUT2D eigenvalue weighted by Gasteiger charge is -2.27. The molecule has 0 unspecified atom stereocenters. The summed E-state index contributed by atoms with van der Waals surface area (Å²) in [4.78, 5) is 19.4. The van der Waals surface area contributed by atoms with Crippen LogP contribution in [0.1, 0.15) is 45.6 Å². The zero-order chi connectivity index (χ0) is 22.6. The van der Waals surface area contributed by atoms with E-state index >= 15 is 0 Å². The molecule has 0 bridgehead atoms. The zero-order valence-corrected chi connectivity index (χ0v) is 17.2. The minimum Gasteiger partial charge on any atom is -0.491 e. The van der Waals surface area contributed by atoms with Crippen molar-refractivity contribution in [2.45, 2.75) is 32.4 Å². The number of ether oxygens (including phenoxy) is 2. The molecule has 3 heterocycles. The number of pyridine rings is 1. The summed E-state index contributed by atoms with van der Waals surface area (Å²) in [5, 5.41) is 0.812. The van der Waals surface area contributed by atoms with E-state index in [4.69, 9.17) is 15.2 Å². The second-order valence-electron chi connectivity index (χ2n) is 7.85. The number of carbonyl (C=O) groups excluding carboxylic acids is 1. The number of aromatic nitrogens is 1. The molecule has 1 aromatic heterocycles. The molecule has 1 amide bonds. The fourth-order valence-electron chi connectivity index (χ4n) is 4.40. The van der Waals surface area contributed by atoms with Gasteiger partial charge in [-0.05, 0) is 42.8 Å². The summed E-state index contributed by atoms with van der Waals surface area (Å²) < 4.78 is 50.1. The van der Waals surface area contributed by atoms with Gasteiger partial charge in [-0.1, -0.05) is 6.07 Å². The van der Waals surface area contributed by atoms with Crippen LogP contribution in [-0.4, -0.2) is 28.9 Å². The fraction of sp³-hybridized carbons (Fsp3) is 0.304. The van der Waals surface area contributed by atoms with Gasteiger partial charge < -0.3 is 20.1 Å². The summed E-state index contributed by atoms with van der Waals surface area (Å²) in [6.07, 6.45) is -4.46. The Bertz CT molecular complexity index is 1240. The first kappa shape index (κ1) is 20.6. The number of carbonyl (C=O) groups is 1. The molecule has 2 aliphatic heterocycles. The Balaban J connectivity index is 1.49. The standard InChI is InChI=1S/C23H20F3N3O3/c1-2-29(19-11-32-20-8-13(23(24,25)26)4-5-14(19)20)22(30)12-3-6-18-15(7-12)16-9-31-10-17(16)21(27)28-18/h3-8,19H,2,9-11H2,1H3,(H2,27,28)/t19-/m0/s1. The van der Waals surface area contributed by atoms with Gasteiger partial charge in [0.15, 0.2) is 0 Å². The minimum absolute atomic E-state index is 0.102. The Kier molecular flexibility index (Phi) is 4.74. The Labute approximate surface area is 181 Å². The van der Waals surface area contributed by atoms with Crippen LogP contribution in [0.25, 0.3) is 10.9 Å². The van der Waals surface area contributed by atoms with Gasteiger partial charge in [0.05, 0.1) is 30.3 Å². The molecule has 0 fully saturated rings. The number of nitrogen functional groups attached to an aromatic ring is 1. The Morgan fingerprint density at radius 1 is 1.19 bits per heavy atom. The Morgan fingerprint density at radius 3 is 2.72 bits per heavy atom. The topological polar surface area (TPSA) is 77.7 Å². The number of hydrogen-bond acceptors (Lipinski definition) is 5. The molecule has 2 aliphatic rings. The summed E-state index contributed by atoms with van der Waals surface area (Å²) in [6, 6.07) is 8.15. The second-order valence-corrected chi connectivity index (χ2v) is 7.85. The number of benzene rings is 2. The number of anilines is 1. The van der Waals surface area contributed by atoms with Crippen LogP contribution in [0.3, 0.4) is 0 Å². The van der Waals surface area contributed by atoms with Crippen LogP contribution < -0.4 is 10.5 Å². The molecule has 0 spiro atoms. The van der Waals surface area contributed by atoms with Crippen LogP contribution in [-0.2, 0) is 24.1 Å². The van der Waals surface area contributed by atoms with Crippen molar-refractivity contribution in [2.75, 3.05) is 18.9 Å². The second kappa shape index (κ2) is 7.37. The molecule has 0 saturated carbocycles. The van der Waals surface area contributed by atoms with Crippen molar-refractivity contribution in [3.8, 4) is 5.75 Å². The Hall–Kier alpha value is -3.33. The van der Waals surface area contributed by atoms with Gasteiger partial charge in [-0.3, -0.25) is 4.79 Å². The molecule has 0 radical (unpaired) electrons. The van der Waals surface area contributed by atoms with Crippen LogP contribution in [0.5, 0.6) is 5.75 Å². The first-order valence-electron chi connectivity index (χ1n) is 10.2. The van der Waals surface area contributed by atoms with Crippen LogP contribution in [0, 0.1) is 0 Å². The highest BCUT2D eigenvalue weighted by molar-refractivity contribution is 5.99. The van der Waals surface area contributed by atoms with E-state index in [1.807, 2.05) is 6.92 Å². The van der Waals surface area contributed by atoms with Gasteiger partial charge in [0.25, 0.3) is 5.91 Å². The predicted molar refractivity (Wildman–Crippen MR) is 111 cm³/mol. The number of fused-ring (bicyclic) bond motifs is 4. The van der Waals surface area contributed by atoms with E-state index < -0.39 is 17.8 Å². The molecule has 2 N–H and O–H groups in total. The largest absolute Gasteiger partial charge is 0.491 e. The number of rotatable bonds is 3. The third kappa shape index (κ3) is 3.24. The molecule has 2 aromatic carbocycles. The molecule has 6 nitrogen and oxygen atoms in total. The maximum absolute atomic E-state index is 13.4. The van der Waals surface area contributed by atoms with E-state index in [-0.39, 0.29) is 18.3 Å². The van der Waals surface area contributed by atoms with E-state index in [2.05, 4.69) is 4.98 Å². The molecule has 1 atom stereocenters. The molecule has 9 heteroatoms. The van der Waals surface area contributed by atoms with Gasteiger partial charge in [-0.25, -0.2) is 4.98 Å². The average Bonchev–Trinajstić information content (AvgIpc) is 3.41. The van der Waals surface area contributed by atoms with E-state index in [9.17, 15) is 18.0 Å². The predicted octanol–water partition coefficient (Wildman–Crippen LogP) is 4.46. The monoisotopic (exact) mass is 443 g/mol. The molecule has 0 aliphatic carbocycles. The normalized spacial score (nSPS) is 17.2. The van der Waals surface area contributed by atoms with Gasteiger partial charge in [0.2, 0.25) is 0 Å². The molecule has 0 saturated heterocycles. The summed E-state index contributed by atoms with van der Waals surface area (Å²) in [7, 11) is 0. The summed E-state index contributed by atoms with van der Waals surface area (Å²) in [6.45, 7) is 3.09. The van der Waals surface area contributed by atoms with Crippen molar-refractivity contribution in [3.63, 3.8) is 0 Å². The lowest BCUT2D eigenvalue weighted by Crippen LogP contribution is -2.35. The van der Waals surface area contributed by atoms with E-state index in [0.29, 0.717) is 42.2 Å². The lowest BCUT2D eigenvalue weighted by atomic mass is 10.0. The van der Waals surface area contributed by atoms with Crippen LogP contribution in [0.15, 0.2) is 36.4 Å². The van der Waals surface area contributed by atoms with E-state index in [0.717, 1.165) is 28.6 Å². The highest BCUT2D eigenvalue weighted by atomic mass is 19.4. The third-order valence-corrected chi connectivity index (χ3v) is 6.05. The van der Waals surface area contributed by atoms with Gasteiger partial charge >= 0.3 is 6.18 Å². The fourth-order valence-corrected chi connectivity index (χ4v) is 4.40. The van der Waals surface area contributed by atoms with E-state index in [1.54, 1.807) is 23.1 Å². The SMILES string of the molecule is CCN(C(=O)c1ccc2nc(N)c3c(c2c1)COC3)[C@H]1COc2cc(C(F)(F)F)ccc21. The number of hydrogen-bond donors (Lipinski definition) is 1. The molecule has 5 rings (SSSR count). The molecule has 32 heavy (non-hydrogen) atoms. The van der Waals surface area contributed by atoms with Crippen LogP contribution in [0.2, 0.25) is 0 Å². The number of likely N-dealkylation sites (N-methyl/N-ethyl adjacent to an activating group) is 1. The summed E-state index contributed by atoms with van der Waals surface area (Å²) in [5.74, 6) is 0.349. The van der Waals surface area contributed by atoms with Crippen molar-refractivity contribution in [1.82, 2.24) is 9.88 Å². The number of halogens is 3. The third-order valence-electron chi connectivity index (χ3n) is 6.05. The van der Waals surface area contributed by atoms with Crippen molar-refractivity contribution in [1.29, 1.82) is 0 Å². The van der Waals surface area contributed by atoms with E-state index in [1.165, 1.54) is 6.07 Å². The van der Waals surface area contributed by atoms with Crippen LogP contribution in [0.4, 0.5) is 19.0 Å². The summed E-state index contributed by atoms with van der Waals surface area (Å²) in [5.41, 5.74) is 8.72. The van der Waals surface area contributed by atoms with Gasteiger partial charge in [-0.15, -0.1) is 0 Å². The maximum Gasteiger partial charge on any atom is 0.416 e. The molecular formula is C23H20F3N3O3. The smallest absolute Gasteiger partial charge is 0.416 e. The zero-order valence-electron chi connectivity index (χ0n) is 17.2. The summed E-state index contributed by atoms with van der Waals surface area (Å²) >= 11 is 0. The quantitative estimate of drug-likeness (QED) is 0.647. The lowest BCUT2D eigenvalue weighted by molar-refractivity contribution is -0.137. The first-order chi connectivity index (χ1) is 15.3. The molecule has 3 aromatic rings.